The van der Waals surface area contributed by atoms with E-state index in [1.54, 1.807) is 20.3 Å². The van der Waals surface area contributed by atoms with Gasteiger partial charge in [0.15, 0.2) is 6.29 Å². The highest BCUT2D eigenvalue weighted by Gasteiger charge is 2.28. The van der Waals surface area contributed by atoms with Crippen molar-refractivity contribution in [2.24, 2.45) is 5.92 Å². The van der Waals surface area contributed by atoms with E-state index in [0.717, 1.165) is 6.42 Å². The molecule has 64 valence electrons. The van der Waals surface area contributed by atoms with Gasteiger partial charge in [-0.25, -0.2) is 0 Å². The Hall–Kier alpha value is -0.380. The maximum absolute atomic E-state index is 9.37. The smallest absolute Gasteiger partial charge is 0.162 e. The summed E-state index contributed by atoms with van der Waals surface area (Å²) >= 11 is 0. The lowest BCUT2D eigenvalue weighted by Crippen LogP contribution is -2.30. The van der Waals surface area contributed by atoms with Crippen LogP contribution in [-0.4, -0.2) is 31.7 Å². The Kier molecular flexibility index (Phi) is 3.05. The molecule has 0 aromatic heterocycles. The first-order valence-corrected chi connectivity index (χ1v) is 3.70. The number of hydrogen-bond donors (Lipinski definition) is 1. The van der Waals surface area contributed by atoms with Gasteiger partial charge in [0, 0.05) is 20.1 Å². The molecule has 1 N–H and O–H groups in total. The molecule has 0 fully saturated rings. The Balaban J connectivity index is 2.46. The summed E-state index contributed by atoms with van der Waals surface area (Å²) in [6, 6.07) is 0. The fourth-order valence-corrected chi connectivity index (χ4v) is 1.38. The van der Waals surface area contributed by atoms with Gasteiger partial charge in [-0.15, -0.1) is 0 Å². The predicted molar refractivity (Wildman–Crippen MR) is 41.1 cm³/mol. The van der Waals surface area contributed by atoms with Crippen LogP contribution in [0.5, 0.6) is 0 Å². The fourth-order valence-electron chi connectivity index (χ4n) is 1.38. The summed E-state index contributed by atoms with van der Waals surface area (Å²) in [5.74, 6) is 0.0602. The van der Waals surface area contributed by atoms with E-state index < -0.39 is 6.10 Å². The summed E-state index contributed by atoms with van der Waals surface area (Å²) in [4.78, 5) is 0. The molecule has 0 radical (unpaired) electrons. The topological polar surface area (TPSA) is 38.7 Å². The molecule has 0 aromatic rings. The molecule has 1 aliphatic carbocycles. The lowest BCUT2D eigenvalue weighted by atomic mass is 10.0. The summed E-state index contributed by atoms with van der Waals surface area (Å²) in [6.45, 7) is 0. The van der Waals surface area contributed by atoms with Crippen molar-refractivity contribution in [2.75, 3.05) is 14.2 Å². The van der Waals surface area contributed by atoms with Crippen molar-refractivity contribution in [1.82, 2.24) is 0 Å². The van der Waals surface area contributed by atoms with Crippen molar-refractivity contribution in [3.8, 4) is 0 Å². The molecule has 0 bridgehead atoms. The van der Waals surface area contributed by atoms with Crippen molar-refractivity contribution in [3.63, 3.8) is 0 Å². The average Bonchev–Trinajstić information content (AvgIpc) is 2.40. The number of rotatable bonds is 3. The van der Waals surface area contributed by atoms with E-state index >= 15 is 0 Å². The summed E-state index contributed by atoms with van der Waals surface area (Å²) in [5.41, 5.74) is 0. The second-order valence-corrected chi connectivity index (χ2v) is 2.66. The van der Waals surface area contributed by atoms with Crippen molar-refractivity contribution in [1.29, 1.82) is 0 Å². The average molecular weight is 158 g/mol. The van der Waals surface area contributed by atoms with Crippen molar-refractivity contribution < 1.29 is 14.6 Å². The molecule has 0 amide bonds. The minimum Gasteiger partial charge on any atom is -0.389 e. The molecule has 0 saturated heterocycles. The Morgan fingerprint density at radius 2 is 2.09 bits per heavy atom. The van der Waals surface area contributed by atoms with Gasteiger partial charge < -0.3 is 14.6 Å². The quantitative estimate of drug-likeness (QED) is 0.481. The highest BCUT2D eigenvalue weighted by Crippen LogP contribution is 2.24. The normalized spacial score (nSPS) is 30.2. The van der Waals surface area contributed by atoms with E-state index in [4.69, 9.17) is 9.47 Å². The van der Waals surface area contributed by atoms with E-state index in [1.807, 2.05) is 6.08 Å². The van der Waals surface area contributed by atoms with E-state index in [2.05, 4.69) is 0 Å². The molecule has 3 nitrogen and oxygen atoms in total. The van der Waals surface area contributed by atoms with Crippen LogP contribution in [-0.2, 0) is 9.47 Å². The van der Waals surface area contributed by atoms with Crippen LogP contribution < -0.4 is 0 Å². The van der Waals surface area contributed by atoms with Gasteiger partial charge in [-0.2, -0.15) is 0 Å². The molecular weight excluding hydrogens is 144 g/mol. The first-order chi connectivity index (χ1) is 5.29. The number of ether oxygens (including phenoxy) is 2. The van der Waals surface area contributed by atoms with Crippen LogP contribution in [0.1, 0.15) is 6.42 Å². The third-order valence-electron chi connectivity index (χ3n) is 1.99. The fraction of sp³-hybridized carbons (Fsp3) is 0.750. The lowest BCUT2D eigenvalue weighted by Gasteiger charge is -2.22. The molecule has 0 heterocycles. The molecule has 0 spiro atoms. The highest BCUT2D eigenvalue weighted by molar-refractivity contribution is 5.02. The number of hydrogen-bond acceptors (Lipinski definition) is 3. The molecule has 0 aliphatic heterocycles. The van der Waals surface area contributed by atoms with Gasteiger partial charge in [0.05, 0.1) is 6.10 Å². The zero-order chi connectivity index (χ0) is 8.27. The van der Waals surface area contributed by atoms with E-state index in [-0.39, 0.29) is 12.2 Å². The number of allylic oxidation sites excluding steroid dienone is 1. The van der Waals surface area contributed by atoms with Crippen LogP contribution in [0, 0.1) is 5.92 Å². The molecule has 1 rings (SSSR count). The van der Waals surface area contributed by atoms with Gasteiger partial charge in [0.2, 0.25) is 0 Å². The van der Waals surface area contributed by atoms with Gasteiger partial charge in [0.1, 0.15) is 0 Å². The van der Waals surface area contributed by atoms with Gasteiger partial charge in [-0.05, 0) is 6.42 Å². The molecule has 0 saturated carbocycles. The SMILES string of the molecule is COC(OC)[C@@H]1CC=C[C@@H]1O. The Labute approximate surface area is 66.6 Å². The van der Waals surface area contributed by atoms with Gasteiger partial charge in [-0.1, -0.05) is 12.2 Å². The zero-order valence-electron chi connectivity index (χ0n) is 6.86. The molecule has 2 atom stereocenters. The van der Waals surface area contributed by atoms with Gasteiger partial charge in [0.25, 0.3) is 0 Å². The van der Waals surface area contributed by atoms with Crippen LogP contribution >= 0.6 is 0 Å². The van der Waals surface area contributed by atoms with E-state index in [1.165, 1.54) is 0 Å². The predicted octanol–water partition coefficient (Wildman–Crippen LogP) is 0.542. The van der Waals surface area contributed by atoms with Crippen molar-refractivity contribution in [2.45, 2.75) is 18.8 Å². The monoisotopic (exact) mass is 158 g/mol. The minimum atomic E-state index is -0.417. The van der Waals surface area contributed by atoms with Crippen molar-refractivity contribution >= 4 is 0 Å². The second kappa shape index (κ2) is 3.85. The molecule has 0 aromatic carbocycles. The summed E-state index contributed by atoms with van der Waals surface area (Å²) in [5, 5.41) is 9.37. The summed E-state index contributed by atoms with van der Waals surface area (Å²) in [6.07, 6.45) is 3.84. The van der Waals surface area contributed by atoms with Gasteiger partial charge >= 0.3 is 0 Å². The Bertz CT molecular complexity index is 140. The zero-order valence-corrected chi connectivity index (χ0v) is 6.86. The Morgan fingerprint density at radius 3 is 2.45 bits per heavy atom. The molecule has 1 aliphatic rings. The van der Waals surface area contributed by atoms with Crippen LogP contribution in [0.4, 0.5) is 0 Å². The molecule has 0 unspecified atom stereocenters. The number of methoxy groups -OCH3 is 2. The highest BCUT2D eigenvalue weighted by atomic mass is 16.7. The lowest BCUT2D eigenvalue weighted by molar-refractivity contribution is -0.151. The second-order valence-electron chi connectivity index (χ2n) is 2.66. The maximum Gasteiger partial charge on any atom is 0.162 e. The first kappa shape index (κ1) is 8.71. The van der Waals surface area contributed by atoms with E-state index in [9.17, 15) is 5.11 Å². The van der Waals surface area contributed by atoms with Gasteiger partial charge in [-0.3, -0.25) is 0 Å². The summed E-state index contributed by atoms with van der Waals surface area (Å²) < 4.78 is 10.1. The third kappa shape index (κ3) is 1.80. The standard InChI is InChI=1S/C8H14O3/c1-10-8(11-2)6-4-3-5-7(6)9/h3,5-9H,4H2,1-2H3/t6-,7+/m1/s1. The molecule has 11 heavy (non-hydrogen) atoms. The first-order valence-electron chi connectivity index (χ1n) is 3.70. The number of aliphatic hydroxyl groups excluding tert-OH is 1. The number of aliphatic hydroxyl groups is 1. The Morgan fingerprint density at radius 1 is 1.45 bits per heavy atom. The molecule has 3 heteroatoms. The van der Waals surface area contributed by atoms with Crippen LogP contribution in [0.2, 0.25) is 0 Å². The van der Waals surface area contributed by atoms with Crippen LogP contribution in [0.15, 0.2) is 12.2 Å². The van der Waals surface area contributed by atoms with E-state index in [0.29, 0.717) is 0 Å². The summed E-state index contributed by atoms with van der Waals surface area (Å²) in [7, 11) is 3.17. The largest absolute Gasteiger partial charge is 0.389 e. The van der Waals surface area contributed by atoms with Crippen LogP contribution in [0.3, 0.4) is 0 Å². The molecular formula is C8H14O3. The van der Waals surface area contributed by atoms with Crippen LogP contribution in [0.25, 0.3) is 0 Å². The maximum atomic E-state index is 9.37. The third-order valence-corrected chi connectivity index (χ3v) is 1.99. The minimum absolute atomic E-state index is 0.0602. The van der Waals surface area contributed by atoms with Crippen molar-refractivity contribution in [3.05, 3.63) is 12.2 Å².